The van der Waals surface area contributed by atoms with Crippen molar-refractivity contribution in [3.8, 4) is 5.75 Å². The number of rotatable bonds is 2. The monoisotopic (exact) mass is 344 g/mol. The lowest BCUT2D eigenvalue weighted by atomic mass is 9.63. The molecular formula is C23H24N2O. The molecule has 1 aliphatic carbocycles. The molecule has 0 saturated carbocycles. The van der Waals surface area contributed by atoms with Crippen LogP contribution in [0.15, 0.2) is 54.6 Å². The van der Waals surface area contributed by atoms with E-state index in [4.69, 9.17) is 9.72 Å². The van der Waals surface area contributed by atoms with Crippen molar-refractivity contribution in [1.29, 1.82) is 0 Å². The smallest absolute Gasteiger partial charge is 0.119 e. The van der Waals surface area contributed by atoms with E-state index in [1.165, 1.54) is 28.6 Å². The van der Waals surface area contributed by atoms with Crippen molar-refractivity contribution in [2.24, 2.45) is 0 Å². The third kappa shape index (κ3) is 2.34. The number of methoxy groups -OCH3 is 1. The Labute approximate surface area is 154 Å². The van der Waals surface area contributed by atoms with Gasteiger partial charge in [-0.05, 0) is 68.2 Å². The number of likely N-dealkylation sites (tertiary alicyclic amines) is 1. The maximum Gasteiger partial charge on any atom is 0.119 e. The molecule has 132 valence electrons. The number of aromatic nitrogens is 1. The number of hydrogen-bond acceptors (Lipinski definition) is 3. The van der Waals surface area contributed by atoms with E-state index in [-0.39, 0.29) is 5.41 Å². The van der Waals surface area contributed by atoms with E-state index in [0.29, 0.717) is 6.04 Å². The summed E-state index contributed by atoms with van der Waals surface area (Å²) in [6.07, 6.45) is 3.34. The highest BCUT2D eigenvalue weighted by atomic mass is 16.5. The third-order valence-electron chi connectivity index (χ3n) is 6.44. The zero-order chi connectivity index (χ0) is 17.7. The van der Waals surface area contributed by atoms with E-state index in [0.717, 1.165) is 30.7 Å². The molecule has 0 radical (unpaired) electrons. The highest BCUT2D eigenvalue weighted by Crippen LogP contribution is 2.51. The predicted octanol–water partition coefficient (Wildman–Crippen LogP) is 4.50. The lowest BCUT2D eigenvalue weighted by Gasteiger charge is -2.50. The minimum absolute atomic E-state index is 0.161. The number of ether oxygens (including phenoxy) is 1. The van der Waals surface area contributed by atoms with Gasteiger partial charge < -0.3 is 4.74 Å². The van der Waals surface area contributed by atoms with Gasteiger partial charge in [-0.3, -0.25) is 9.88 Å². The fraction of sp³-hybridized carbons (Fsp3) is 0.348. The maximum atomic E-state index is 5.50. The molecule has 0 spiro atoms. The zero-order valence-corrected chi connectivity index (χ0v) is 15.4. The number of nitrogens with zero attached hydrogens (tertiary/aromatic N) is 2. The Bertz CT molecular complexity index is 983. The van der Waals surface area contributed by atoms with E-state index in [2.05, 4.69) is 60.5 Å². The Kier molecular flexibility index (Phi) is 3.54. The summed E-state index contributed by atoms with van der Waals surface area (Å²) in [5.41, 5.74) is 5.36. The Balaban J connectivity index is 1.67. The van der Waals surface area contributed by atoms with E-state index >= 15 is 0 Å². The zero-order valence-electron chi connectivity index (χ0n) is 15.4. The molecule has 2 atom stereocenters. The minimum Gasteiger partial charge on any atom is -0.497 e. The standard InChI is InChI=1S/C23H24N2O/c1-25-11-10-23(17-7-5-8-18(13-17)26-2)14-21-19(22(25)15-23)12-16-6-3-4-9-20(16)24-21/h3-9,12-13,22H,10-11,14-15H2,1-2H3/t22-,23+/m0/s1. The summed E-state index contributed by atoms with van der Waals surface area (Å²) >= 11 is 0. The topological polar surface area (TPSA) is 25.4 Å². The van der Waals surface area contributed by atoms with Crippen molar-refractivity contribution >= 4 is 10.9 Å². The molecule has 0 N–H and O–H groups in total. The molecule has 1 saturated heterocycles. The quantitative estimate of drug-likeness (QED) is 0.684. The van der Waals surface area contributed by atoms with Crippen LogP contribution in [0, 0.1) is 0 Å². The average Bonchev–Trinajstić information content (AvgIpc) is 2.69. The van der Waals surface area contributed by atoms with Crippen molar-refractivity contribution in [3.05, 3.63) is 71.4 Å². The van der Waals surface area contributed by atoms with Crippen molar-refractivity contribution in [3.63, 3.8) is 0 Å². The van der Waals surface area contributed by atoms with Gasteiger partial charge in [-0.25, -0.2) is 0 Å². The summed E-state index contributed by atoms with van der Waals surface area (Å²) in [5, 5.41) is 1.25. The van der Waals surface area contributed by atoms with Gasteiger partial charge in [-0.2, -0.15) is 0 Å². The minimum atomic E-state index is 0.161. The number of fused-ring (bicyclic) bond motifs is 5. The van der Waals surface area contributed by atoms with Gasteiger partial charge in [0.15, 0.2) is 0 Å². The van der Waals surface area contributed by atoms with E-state index in [1.54, 1.807) is 7.11 Å². The van der Waals surface area contributed by atoms with Crippen molar-refractivity contribution in [2.45, 2.75) is 30.7 Å². The Hall–Kier alpha value is -2.39. The molecule has 1 fully saturated rings. The summed E-state index contributed by atoms with van der Waals surface area (Å²) < 4.78 is 5.50. The predicted molar refractivity (Wildman–Crippen MR) is 105 cm³/mol. The van der Waals surface area contributed by atoms with Gasteiger partial charge in [0.2, 0.25) is 0 Å². The van der Waals surface area contributed by atoms with Crippen molar-refractivity contribution in [1.82, 2.24) is 9.88 Å². The Morgan fingerprint density at radius 3 is 2.88 bits per heavy atom. The van der Waals surface area contributed by atoms with Crippen LogP contribution in [0.5, 0.6) is 5.75 Å². The first kappa shape index (κ1) is 15.8. The summed E-state index contributed by atoms with van der Waals surface area (Å²) in [4.78, 5) is 7.59. The van der Waals surface area contributed by atoms with Gasteiger partial charge in [-0.1, -0.05) is 30.3 Å². The van der Waals surface area contributed by atoms with Gasteiger partial charge in [0, 0.05) is 22.5 Å². The fourth-order valence-electron chi connectivity index (χ4n) is 4.92. The molecule has 2 aliphatic rings. The summed E-state index contributed by atoms with van der Waals surface area (Å²) in [7, 11) is 4.00. The van der Waals surface area contributed by atoms with Crippen LogP contribution in [0.25, 0.3) is 10.9 Å². The van der Waals surface area contributed by atoms with Crippen LogP contribution >= 0.6 is 0 Å². The Morgan fingerprint density at radius 2 is 2.00 bits per heavy atom. The molecule has 26 heavy (non-hydrogen) atoms. The highest BCUT2D eigenvalue weighted by molar-refractivity contribution is 5.79. The third-order valence-corrected chi connectivity index (χ3v) is 6.44. The van der Waals surface area contributed by atoms with Gasteiger partial charge in [0.05, 0.1) is 12.6 Å². The highest BCUT2D eigenvalue weighted by Gasteiger charge is 2.45. The van der Waals surface area contributed by atoms with Crippen LogP contribution in [0.4, 0.5) is 0 Å². The molecule has 2 bridgehead atoms. The SMILES string of the molecule is COc1cccc([C@@]23CCN(C)[C@@H](C2)c2cc4ccccc4nc2C3)c1. The molecule has 3 nitrogen and oxygen atoms in total. The van der Waals surface area contributed by atoms with Gasteiger partial charge in [0.1, 0.15) is 5.75 Å². The van der Waals surface area contributed by atoms with E-state index in [9.17, 15) is 0 Å². The molecule has 0 unspecified atom stereocenters. The number of benzene rings is 2. The lowest BCUT2D eigenvalue weighted by molar-refractivity contribution is 0.102. The molecule has 2 heterocycles. The van der Waals surface area contributed by atoms with Crippen LogP contribution in [-0.4, -0.2) is 30.6 Å². The lowest BCUT2D eigenvalue weighted by Crippen LogP contribution is -2.47. The first-order valence-electron chi connectivity index (χ1n) is 9.42. The van der Waals surface area contributed by atoms with Crippen LogP contribution in [0.1, 0.15) is 35.7 Å². The van der Waals surface area contributed by atoms with E-state index < -0.39 is 0 Å². The molecular weight excluding hydrogens is 320 g/mol. The molecule has 5 rings (SSSR count). The maximum absolute atomic E-state index is 5.50. The van der Waals surface area contributed by atoms with Gasteiger partial charge in [0.25, 0.3) is 0 Å². The number of para-hydroxylation sites is 1. The molecule has 3 heteroatoms. The van der Waals surface area contributed by atoms with Crippen LogP contribution < -0.4 is 4.74 Å². The molecule has 1 aromatic heterocycles. The second-order valence-corrected chi connectivity index (χ2v) is 7.86. The van der Waals surface area contributed by atoms with Crippen molar-refractivity contribution < 1.29 is 4.74 Å². The average molecular weight is 344 g/mol. The summed E-state index contributed by atoms with van der Waals surface area (Å²) in [5.74, 6) is 0.949. The molecule has 0 amide bonds. The second kappa shape index (κ2) is 5.82. The number of hydrogen-bond donors (Lipinski definition) is 0. The largest absolute Gasteiger partial charge is 0.497 e. The first-order valence-corrected chi connectivity index (χ1v) is 9.42. The second-order valence-electron chi connectivity index (χ2n) is 7.86. The van der Waals surface area contributed by atoms with Crippen LogP contribution in [0.2, 0.25) is 0 Å². The summed E-state index contributed by atoms with van der Waals surface area (Å²) in [6, 6.07) is 20.0. The van der Waals surface area contributed by atoms with Gasteiger partial charge >= 0.3 is 0 Å². The molecule has 1 aliphatic heterocycles. The number of pyridine rings is 1. The Morgan fingerprint density at radius 1 is 1.12 bits per heavy atom. The molecule has 3 aromatic rings. The van der Waals surface area contributed by atoms with Gasteiger partial charge in [-0.15, -0.1) is 0 Å². The molecule has 2 aromatic carbocycles. The summed E-state index contributed by atoms with van der Waals surface area (Å²) in [6.45, 7) is 1.12. The normalized spacial score (nSPS) is 25.1. The van der Waals surface area contributed by atoms with Crippen molar-refractivity contribution in [2.75, 3.05) is 20.7 Å². The van der Waals surface area contributed by atoms with E-state index in [1.807, 2.05) is 6.07 Å². The van der Waals surface area contributed by atoms with Crippen LogP contribution in [0.3, 0.4) is 0 Å². The first-order chi connectivity index (χ1) is 12.7. The fourth-order valence-corrected chi connectivity index (χ4v) is 4.92. The number of piperidine rings is 1. The van der Waals surface area contributed by atoms with Crippen LogP contribution in [-0.2, 0) is 11.8 Å².